The van der Waals surface area contributed by atoms with Gasteiger partial charge in [0.05, 0.1) is 12.1 Å². The van der Waals surface area contributed by atoms with E-state index in [2.05, 4.69) is 15.7 Å². The number of nitrogens with one attached hydrogen (secondary N) is 2. The molecule has 2 aromatic rings. The standard InChI is InChI=1S/C21H24N4O4S/c1-14-5-7-16(8-6-14)29-12-18-22-15(13-30-18)11-17(26)24-25-19(27)21(23-20(25)28)9-3-2-4-10-21/h5-8,13H,2-4,9-12H2,1H3,(H,23,28)(H,24,26). The highest BCUT2D eigenvalue weighted by Crippen LogP contribution is 2.33. The Morgan fingerprint density at radius 1 is 1.23 bits per heavy atom. The van der Waals surface area contributed by atoms with Gasteiger partial charge in [-0.25, -0.2) is 9.78 Å². The van der Waals surface area contributed by atoms with Gasteiger partial charge in [0.25, 0.3) is 5.91 Å². The lowest BCUT2D eigenvalue weighted by atomic mass is 9.82. The molecule has 30 heavy (non-hydrogen) atoms. The zero-order valence-electron chi connectivity index (χ0n) is 16.8. The molecule has 1 aliphatic carbocycles. The van der Waals surface area contributed by atoms with Crippen LogP contribution >= 0.6 is 11.3 Å². The third-order valence-corrected chi connectivity index (χ3v) is 6.30. The third-order valence-electron chi connectivity index (χ3n) is 5.43. The lowest BCUT2D eigenvalue weighted by Crippen LogP contribution is -2.51. The number of rotatable bonds is 6. The molecular weight excluding hydrogens is 404 g/mol. The van der Waals surface area contributed by atoms with E-state index in [9.17, 15) is 14.4 Å². The molecule has 4 amide bonds. The summed E-state index contributed by atoms with van der Waals surface area (Å²) < 4.78 is 5.71. The van der Waals surface area contributed by atoms with E-state index in [4.69, 9.17) is 4.74 Å². The Balaban J connectivity index is 1.30. The van der Waals surface area contributed by atoms with E-state index < -0.39 is 17.5 Å². The number of urea groups is 1. The minimum Gasteiger partial charge on any atom is -0.486 e. The number of hydrazine groups is 1. The summed E-state index contributed by atoms with van der Waals surface area (Å²) >= 11 is 1.40. The number of ether oxygens (including phenoxy) is 1. The summed E-state index contributed by atoms with van der Waals surface area (Å²) in [5.41, 5.74) is 3.31. The molecule has 1 aromatic heterocycles. The van der Waals surface area contributed by atoms with Crippen molar-refractivity contribution in [1.82, 2.24) is 20.7 Å². The molecule has 0 radical (unpaired) electrons. The largest absolute Gasteiger partial charge is 0.486 e. The number of imide groups is 1. The van der Waals surface area contributed by atoms with Crippen LogP contribution in [-0.4, -0.2) is 33.4 Å². The third kappa shape index (κ3) is 4.30. The predicted molar refractivity (Wildman–Crippen MR) is 111 cm³/mol. The smallest absolute Gasteiger partial charge is 0.344 e. The Hall–Kier alpha value is -2.94. The average Bonchev–Trinajstić information content (AvgIpc) is 3.26. The van der Waals surface area contributed by atoms with E-state index in [-0.39, 0.29) is 12.3 Å². The molecule has 1 aromatic carbocycles. The molecule has 158 valence electrons. The van der Waals surface area contributed by atoms with E-state index in [0.717, 1.165) is 40.6 Å². The summed E-state index contributed by atoms with van der Waals surface area (Å²) in [6.45, 7) is 2.32. The van der Waals surface area contributed by atoms with E-state index in [1.807, 2.05) is 31.2 Å². The molecule has 2 N–H and O–H groups in total. The van der Waals surface area contributed by atoms with Gasteiger partial charge in [-0.15, -0.1) is 11.3 Å². The Kier molecular flexibility index (Phi) is 5.72. The summed E-state index contributed by atoms with van der Waals surface area (Å²) in [4.78, 5) is 41.8. The van der Waals surface area contributed by atoms with Crippen LogP contribution in [0.3, 0.4) is 0 Å². The maximum absolute atomic E-state index is 12.7. The number of hydrogen-bond donors (Lipinski definition) is 2. The fourth-order valence-corrected chi connectivity index (χ4v) is 4.53. The van der Waals surface area contributed by atoms with Gasteiger partial charge in [-0.05, 0) is 31.9 Å². The highest BCUT2D eigenvalue weighted by molar-refractivity contribution is 7.09. The fourth-order valence-electron chi connectivity index (χ4n) is 3.82. The van der Waals surface area contributed by atoms with E-state index in [1.165, 1.54) is 11.3 Å². The molecule has 2 heterocycles. The van der Waals surface area contributed by atoms with E-state index in [1.54, 1.807) is 5.38 Å². The van der Waals surface area contributed by atoms with Gasteiger partial charge in [0.15, 0.2) is 0 Å². The van der Waals surface area contributed by atoms with Crippen LogP contribution in [0, 0.1) is 6.92 Å². The van der Waals surface area contributed by atoms with Crippen LogP contribution in [0.4, 0.5) is 4.79 Å². The monoisotopic (exact) mass is 428 g/mol. The number of amides is 4. The lowest BCUT2D eigenvalue weighted by molar-refractivity contribution is -0.139. The van der Waals surface area contributed by atoms with Crippen molar-refractivity contribution < 1.29 is 19.1 Å². The van der Waals surface area contributed by atoms with Crippen LogP contribution in [0.1, 0.15) is 48.4 Å². The van der Waals surface area contributed by atoms with Gasteiger partial charge in [-0.2, -0.15) is 5.01 Å². The molecule has 1 spiro atoms. The topological polar surface area (TPSA) is 101 Å². The minimum absolute atomic E-state index is 0.0227. The maximum Gasteiger partial charge on any atom is 0.344 e. The summed E-state index contributed by atoms with van der Waals surface area (Å²) in [6, 6.07) is 7.17. The maximum atomic E-state index is 12.7. The van der Waals surface area contributed by atoms with Crippen molar-refractivity contribution in [2.45, 2.75) is 57.6 Å². The molecule has 0 unspecified atom stereocenters. The highest BCUT2D eigenvalue weighted by Gasteiger charge is 2.52. The molecule has 8 nitrogen and oxygen atoms in total. The number of thiazole rings is 1. The van der Waals surface area contributed by atoms with Crippen LogP contribution in [0.5, 0.6) is 5.75 Å². The van der Waals surface area contributed by atoms with Gasteiger partial charge in [-0.3, -0.25) is 15.0 Å². The zero-order chi connectivity index (χ0) is 21.1. The molecule has 2 aliphatic rings. The average molecular weight is 429 g/mol. The van der Waals surface area contributed by atoms with Crippen LogP contribution in [0.2, 0.25) is 0 Å². The summed E-state index contributed by atoms with van der Waals surface area (Å²) in [7, 11) is 0. The second-order valence-electron chi connectivity index (χ2n) is 7.76. The number of aryl methyl sites for hydroxylation is 1. The summed E-state index contributed by atoms with van der Waals surface area (Å²) in [6.07, 6.45) is 4.03. The van der Waals surface area contributed by atoms with Gasteiger partial charge >= 0.3 is 6.03 Å². The molecule has 2 fully saturated rings. The molecule has 4 rings (SSSR count). The first-order valence-corrected chi connectivity index (χ1v) is 10.9. The molecule has 1 saturated carbocycles. The van der Waals surface area contributed by atoms with Crippen LogP contribution in [-0.2, 0) is 22.6 Å². The van der Waals surface area contributed by atoms with E-state index >= 15 is 0 Å². The molecule has 0 bridgehead atoms. The van der Waals surface area contributed by atoms with E-state index in [0.29, 0.717) is 25.1 Å². The summed E-state index contributed by atoms with van der Waals surface area (Å²) in [5, 5.41) is 6.12. The number of benzene rings is 1. The second-order valence-corrected chi connectivity index (χ2v) is 8.70. The predicted octanol–water partition coefficient (Wildman–Crippen LogP) is 2.86. The number of hydrogen-bond acceptors (Lipinski definition) is 6. The first kappa shape index (κ1) is 20.3. The molecule has 9 heteroatoms. The number of nitrogens with zero attached hydrogens (tertiary/aromatic N) is 2. The fraction of sp³-hybridized carbons (Fsp3) is 0.429. The van der Waals surface area contributed by atoms with Crippen molar-refractivity contribution in [3.8, 4) is 5.75 Å². The number of aromatic nitrogens is 1. The Bertz CT molecular complexity index is 950. The van der Waals surface area contributed by atoms with Crippen molar-refractivity contribution in [3.05, 3.63) is 45.9 Å². The quantitative estimate of drug-likeness (QED) is 0.689. The number of carbonyl (C=O) groups is 3. The number of carbonyl (C=O) groups excluding carboxylic acids is 3. The first-order valence-electron chi connectivity index (χ1n) is 10.0. The molecule has 1 aliphatic heterocycles. The van der Waals surface area contributed by atoms with Crippen molar-refractivity contribution in [3.63, 3.8) is 0 Å². The second kappa shape index (κ2) is 8.43. The van der Waals surface area contributed by atoms with Crippen LogP contribution in [0.15, 0.2) is 29.6 Å². The molecule has 0 atom stereocenters. The minimum atomic E-state index is -0.857. The van der Waals surface area contributed by atoms with Gasteiger partial charge < -0.3 is 10.1 Å². The lowest BCUT2D eigenvalue weighted by Gasteiger charge is -2.30. The highest BCUT2D eigenvalue weighted by atomic mass is 32.1. The van der Waals surface area contributed by atoms with Crippen LogP contribution in [0.25, 0.3) is 0 Å². The molecular formula is C21H24N4O4S. The Morgan fingerprint density at radius 3 is 2.70 bits per heavy atom. The molecule has 1 saturated heterocycles. The van der Waals surface area contributed by atoms with Crippen molar-refractivity contribution in [2.24, 2.45) is 0 Å². The van der Waals surface area contributed by atoms with Crippen molar-refractivity contribution in [1.29, 1.82) is 0 Å². The summed E-state index contributed by atoms with van der Waals surface area (Å²) in [5.74, 6) is -0.0704. The normalized spacial score (nSPS) is 17.8. The van der Waals surface area contributed by atoms with Gasteiger partial charge in [0, 0.05) is 5.38 Å². The Morgan fingerprint density at radius 2 is 1.97 bits per heavy atom. The zero-order valence-corrected chi connectivity index (χ0v) is 17.6. The Labute approximate surface area is 178 Å². The first-order chi connectivity index (χ1) is 14.4. The van der Waals surface area contributed by atoms with Crippen molar-refractivity contribution >= 4 is 29.2 Å². The van der Waals surface area contributed by atoms with Gasteiger partial charge in [-0.1, -0.05) is 37.0 Å². The van der Waals surface area contributed by atoms with Crippen LogP contribution < -0.4 is 15.5 Å². The van der Waals surface area contributed by atoms with Gasteiger partial charge in [0.2, 0.25) is 5.91 Å². The van der Waals surface area contributed by atoms with Gasteiger partial charge in [0.1, 0.15) is 22.9 Å². The SMILES string of the molecule is Cc1ccc(OCc2nc(CC(=O)NN3C(=O)NC4(CCCCC4)C3=O)cs2)cc1. The van der Waals surface area contributed by atoms with Crippen molar-refractivity contribution in [2.75, 3.05) is 0 Å².